The van der Waals surface area contributed by atoms with Gasteiger partial charge < -0.3 is 5.32 Å². The van der Waals surface area contributed by atoms with E-state index in [1.54, 1.807) is 5.32 Å². The van der Waals surface area contributed by atoms with E-state index in [-0.39, 0.29) is 38.4 Å². The molecule has 1 N–H and O–H groups in total. The number of rotatable bonds is 10. The number of hydrogen-bond donors (Lipinski definition) is 1. The standard InChI is InChI=1S/C12H22F3N2O4P/c1-9(2)17(10(3)4)8-21-22(19)20-7-5-6-16-11(18)12(13,14)15/h9-10H,5-8H2,1-4H3/p+1. The van der Waals surface area contributed by atoms with Crippen LogP contribution in [0.25, 0.3) is 0 Å². The summed E-state index contributed by atoms with van der Waals surface area (Å²) in [4.78, 5) is 12.5. The fraction of sp³-hybridized carbons (Fsp3) is 0.917. The average molecular weight is 347 g/mol. The van der Waals surface area contributed by atoms with Crippen molar-refractivity contribution in [1.29, 1.82) is 0 Å². The molecule has 0 rings (SSSR count). The lowest BCUT2D eigenvalue weighted by Gasteiger charge is -2.27. The molecule has 0 saturated carbocycles. The van der Waals surface area contributed by atoms with Crippen molar-refractivity contribution in [3.8, 4) is 0 Å². The minimum Gasteiger partial charge on any atom is -0.348 e. The topological polar surface area (TPSA) is 67.9 Å². The van der Waals surface area contributed by atoms with Crippen molar-refractivity contribution in [2.24, 2.45) is 0 Å². The number of carbonyl (C=O) groups excluding carboxylic acids is 1. The Kier molecular flexibility index (Phi) is 9.75. The highest BCUT2D eigenvalue weighted by Crippen LogP contribution is 2.25. The van der Waals surface area contributed by atoms with Crippen molar-refractivity contribution in [1.82, 2.24) is 10.2 Å². The highest BCUT2D eigenvalue weighted by molar-refractivity contribution is 7.33. The van der Waals surface area contributed by atoms with Crippen LogP contribution in [0.1, 0.15) is 34.1 Å². The second-order valence-corrected chi connectivity index (χ2v) is 6.09. The van der Waals surface area contributed by atoms with Crippen LogP contribution < -0.4 is 5.32 Å². The van der Waals surface area contributed by atoms with Crippen LogP contribution in [0.15, 0.2) is 0 Å². The first-order chi connectivity index (χ1) is 10.1. The van der Waals surface area contributed by atoms with Crippen molar-refractivity contribution in [2.45, 2.75) is 52.4 Å². The summed E-state index contributed by atoms with van der Waals surface area (Å²) >= 11 is 0. The van der Waals surface area contributed by atoms with Crippen LogP contribution in [0.4, 0.5) is 13.2 Å². The molecule has 0 aliphatic rings. The third-order valence-corrected chi connectivity index (χ3v) is 3.42. The maximum atomic E-state index is 11.9. The Labute approximate surface area is 129 Å². The molecular formula is C12H23F3N2O4P+. The van der Waals surface area contributed by atoms with E-state index in [1.165, 1.54) is 0 Å². The summed E-state index contributed by atoms with van der Waals surface area (Å²) in [6.07, 6.45) is -4.80. The van der Waals surface area contributed by atoms with Gasteiger partial charge in [0.2, 0.25) is 0 Å². The molecule has 0 aromatic rings. The Hall–Kier alpha value is -0.760. The fourth-order valence-electron chi connectivity index (χ4n) is 1.56. The van der Waals surface area contributed by atoms with Gasteiger partial charge in [0.15, 0.2) is 6.73 Å². The molecule has 0 bridgehead atoms. The zero-order valence-electron chi connectivity index (χ0n) is 13.1. The minimum atomic E-state index is -4.90. The normalized spacial score (nSPS) is 13.1. The number of halogens is 3. The van der Waals surface area contributed by atoms with Crippen LogP contribution in [-0.4, -0.2) is 48.9 Å². The van der Waals surface area contributed by atoms with E-state index in [0.29, 0.717) is 0 Å². The van der Waals surface area contributed by atoms with Gasteiger partial charge in [0.1, 0.15) is 6.61 Å². The summed E-state index contributed by atoms with van der Waals surface area (Å²) in [7, 11) is -2.34. The van der Waals surface area contributed by atoms with Crippen molar-refractivity contribution in [3.05, 3.63) is 0 Å². The smallest absolute Gasteiger partial charge is 0.348 e. The van der Waals surface area contributed by atoms with E-state index >= 15 is 0 Å². The van der Waals surface area contributed by atoms with Crippen LogP contribution in [0.2, 0.25) is 0 Å². The van der Waals surface area contributed by atoms with E-state index < -0.39 is 20.3 Å². The molecule has 6 nitrogen and oxygen atoms in total. The molecule has 0 spiro atoms. The summed E-state index contributed by atoms with van der Waals surface area (Å²) in [6.45, 7) is 7.74. The Morgan fingerprint density at radius 2 is 1.73 bits per heavy atom. The van der Waals surface area contributed by atoms with Gasteiger partial charge in [-0.2, -0.15) is 13.2 Å². The van der Waals surface area contributed by atoms with Gasteiger partial charge in [0, 0.05) is 23.2 Å². The number of nitrogens with zero attached hydrogens (tertiary/aromatic N) is 1. The molecule has 1 unspecified atom stereocenters. The van der Waals surface area contributed by atoms with Gasteiger partial charge in [-0.1, -0.05) is 0 Å². The van der Waals surface area contributed by atoms with Gasteiger partial charge in [0.25, 0.3) is 0 Å². The van der Waals surface area contributed by atoms with Gasteiger partial charge >= 0.3 is 20.3 Å². The number of nitrogens with one attached hydrogen (secondary N) is 1. The van der Waals surface area contributed by atoms with Crippen LogP contribution >= 0.6 is 8.25 Å². The summed E-state index contributed by atoms with van der Waals surface area (Å²) in [6, 6.07) is 0.418. The molecule has 1 amide bonds. The monoisotopic (exact) mass is 347 g/mol. The molecule has 22 heavy (non-hydrogen) atoms. The molecule has 0 radical (unpaired) electrons. The maximum Gasteiger partial charge on any atom is 0.698 e. The molecule has 0 saturated heterocycles. The summed E-state index contributed by atoms with van der Waals surface area (Å²) < 4.78 is 57.0. The van der Waals surface area contributed by atoms with Gasteiger partial charge in [-0.25, -0.2) is 0 Å². The fourth-order valence-corrected chi connectivity index (χ4v) is 2.14. The van der Waals surface area contributed by atoms with E-state index in [4.69, 9.17) is 9.05 Å². The maximum absolute atomic E-state index is 11.9. The van der Waals surface area contributed by atoms with E-state index in [0.717, 1.165) is 0 Å². The van der Waals surface area contributed by atoms with Crippen LogP contribution in [0.5, 0.6) is 0 Å². The summed E-state index contributed by atoms with van der Waals surface area (Å²) in [5.41, 5.74) is 0. The van der Waals surface area contributed by atoms with Gasteiger partial charge in [-0.05, 0) is 34.1 Å². The minimum absolute atomic E-state index is 0.0727. The number of hydrogen-bond acceptors (Lipinski definition) is 5. The second kappa shape index (κ2) is 10.1. The van der Waals surface area contributed by atoms with Crippen LogP contribution in [-0.2, 0) is 18.4 Å². The van der Waals surface area contributed by atoms with Crippen molar-refractivity contribution < 1.29 is 31.6 Å². The molecule has 130 valence electrons. The average Bonchev–Trinajstić information content (AvgIpc) is 2.36. The van der Waals surface area contributed by atoms with E-state index in [2.05, 4.69) is 0 Å². The van der Waals surface area contributed by atoms with Crippen LogP contribution in [0.3, 0.4) is 0 Å². The molecule has 0 fully saturated rings. The molecule has 0 aliphatic heterocycles. The van der Waals surface area contributed by atoms with Crippen LogP contribution in [0, 0.1) is 0 Å². The molecule has 0 aliphatic carbocycles. The molecule has 0 aromatic carbocycles. The molecular weight excluding hydrogens is 324 g/mol. The first kappa shape index (κ1) is 21.2. The zero-order chi connectivity index (χ0) is 17.3. The predicted octanol–water partition coefficient (Wildman–Crippen LogP) is 2.82. The lowest BCUT2D eigenvalue weighted by Crippen LogP contribution is -2.38. The summed E-state index contributed by atoms with van der Waals surface area (Å²) in [5.74, 6) is -2.00. The highest BCUT2D eigenvalue weighted by Gasteiger charge is 2.38. The number of carbonyl (C=O) groups is 1. The van der Waals surface area contributed by atoms with E-state index in [9.17, 15) is 22.5 Å². The Morgan fingerprint density at radius 1 is 1.18 bits per heavy atom. The lowest BCUT2D eigenvalue weighted by atomic mass is 10.2. The molecule has 10 heteroatoms. The SMILES string of the molecule is CC(C)N(CO[P+](=O)OCCCNC(=O)C(F)(F)F)C(C)C. The Bertz CT molecular complexity index is 357. The van der Waals surface area contributed by atoms with Crippen molar-refractivity contribution in [3.63, 3.8) is 0 Å². The second-order valence-electron chi connectivity index (χ2n) is 5.12. The third kappa shape index (κ3) is 9.30. The number of alkyl halides is 3. The Balaban J connectivity index is 3.81. The molecule has 1 atom stereocenters. The molecule has 0 aromatic heterocycles. The molecule has 0 heterocycles. The third-order valence-electron chi connectivity index (χ3n) is 2.70. The highest BCUT2D eigenvalue weighted by atomic mass is 31.1. The largest absolute Gasteiger partial charge is 0.698 e. The summed E-state index contributed by atoms with van der Waals surface area (Å²) in [5, 5.41) is 1.69. The van der Waals surface area contributed by atoms with Gasteiger partial charge in [-0.15, -0.1) is 9.05 Å². The van der Waals surface area contributed by atoms with Crippen molar-refractivity contribution >= 4 is 14.2 Å². The zero-order valence-corrected chi connectivity index (χ0v) is 14.0. The first-order valence-electron chi connectivity index (χ1n) is 6.89. The van der Waals surface area contributed by atoms with E-state index in [1.807, 2.05) is 32.6 Å². The lowest BCUT2D eigenvalue weighted by molar-refractivity contribution is -0.173. The Morgan fingerprint density at radius 3 is 2.18 bits per heavy atom. The quantitative estimate of drug-likeness (QED) is 0.374. The van der Waals surface area contributed by atoms with Crippen molar-refractivity contribution in [2.75, 3.05) is 19.9 Å². The first-order valence-corrected chi connectivity index (χ1v) is 7.99. The predicted molar refractivity (Wildman–Crippen MR) is 75.3 cm³/mol. The van der Waals surface area contributed by atoms with Gasteiger partial charge in [-0.3, -0.25) is 9.69 Å². The number of amides is 1. The van der Waals surface area contributed by atoms with Gasteiger partial charge in [0.05, 0.1) is 0 Å².